The molecule has 0 bridgehead atoms. The molecule has 0 saturated carbocycles. The lowest BCUT2D eigenvalue weighted by Crippen LogP contribution is -2.11. The van der Waals surface area contributed by atoms with E-state index in [2.05, 4.69) is 20.7 Å². The number of fused-ring (bicyclic) bond motifs is 1. The molecule has 0 amide bonds. The predicted octanol–water partition coefficient (Wildman–Crippen LogP) is 3.04. The molecule has 108 valence electrons. The average Bonchev–Trinajstić information content (AvgIpc) is 2.97. The molecule has 4 N–H and O–H groups in total. The maximum Gasteiger partial charge on any atom is 0.240 e. The fraction of sp³-hybridized carbons (Fsp3) is 0.143. The van der Waals surface area contributed by atoms with E-state index in [1.54, 1.807) is 18.4 Å². The maximum absolute atomic E-state index is 5.42. The van der Waals surface area contributed by atoms with E-state index in [1.165, 1.54) is 0 Å². The number of hydrogen-bond donors (Lipinski definition) is 3. The van der Waals surface area contributed by atoms with Crippen LogP contribution in [0.4, 0.5) is 17.5 Å². The quantitative estimate of drug-likeness (QED) is 0.507. The van der Waals surface area contributed by atoms with Crippen molar-refractivity contribution in [1.82, 2.24) is 9.97 Å². The second kappa shape index (κ2) is 5.55. The van der Waals surface area contributed by atoms with Crippen molar-refractivity contribution in [3.8, 4) is 5.75 Å². The van der Waals surface area contributed by atoms with Gasteiger partial charge >= 0.3 is 0 Å². The van der Waals surface area contributed by atoms with Crippen LogP contribution in [0, 0.1) is 6.92 Å². The fourth-order valence-electron chi connectivity index (χ4n) is 2.05. The lowest BCUT2D eigenvalue weighted by Gasteiger charge is -2.12. The number of nitrogens with zero attached hydrogens (tertiary/aromatic N) is 2. The molecule has 3 aromatic rings. The van der Waals surface area contributed by atoms with Crippen LogP contribution in [0.25, 0.3) is 10.2 Å². The molecule has 0 spiro atoms. The minimum atomic E-state index is 0.388. The summed E-state index contributed by atoms with van der Waals surface area (Å²) in [5.41, 5.74) is 4.52. The first-order valence-corrected chi connectivity index (χ1v) is 7.22. The molecule has 0 aliphatic heterocycles. The number of ether oxygens (including phenoxy) is 1. The highest BCUT2D eigenvalue weighted by atomic mass is 32.1. The van der Waals surface area contributed by atoms with Gasteiger partial charge in [-0.15, -0.1) is 11.3 Å². The Morgan fingerprint density at radius 2 is 2.10 bits per heavy atom. The van der Waals surface area contributed by atoms with Crippen molar-refractivity contribution in [2.45, 2.75) is 6.92 Å². The number of benzene rings is 1. The van der Waals surface area contributed by atoms with Crippen LogP contribution in [0.2, 0.25) is 0 Å². The second-order valence-electron chi connectivity index (χ2n) is 4.49. The predicted molar refractivity (Wildman–Crippen MR) is 86.2 cm³/mol. The minimum Gasteiger partial charge on any atom is -0.497 e. The summed E-state index contributed by atoms with van der Waals surface area (Å²) < 4.78 is 5.22. The number of rotatable bonds is 4. The summed E-state index contributed by atoms with van der Waals surface area (Å²) >= 11 is 1.55. The molecule has 7 heteroatoms. The molecule has 0 atom stereocenters. The van der Waals surface area contributed by atoms with Crippen molar-refractivity contribution >= 4 is 39.0 Å². The standard InChI is InChI=1S/C14H15N5OS/c1-8-7-9(20-2)3-4-11(8)16-12-10-5-6-21-13(10)18-14(17-12)19-15/h3-7H,15H2,1-2H3,(H2,16,17,18,19). The van der Waals surface area contributed by atoms with E-state index in [-0.39, 0.29) is 0 Å². The number of aromatic nitrogens is 2. The molecular formula is C14H15N5OS. The first-order valence-electron chi connectivity index (χ1n) is 6.35. The van der Waals surface area contributed by atoms with Crippen LogP contribution in [-0.2, 0) is 0 Å². The SMILES string of the molecule is COc1ccc(Nc2nc(NN)nc3sccc23)c(C)c1. The fourth-order valence-corrected chi connectivity index (χ4v) is 2.81. The number of nitrogens with two attached hydrogens (primary N) is 1. The number of hydrazine groups is 1. The van der Waals surface area contributed by atoms with Crippen molar-refractivity contribution in [3.63, 3.8) is 0 Å². The zero-order chi connectivity index (χ0) is 14.8. The largest absolute Gasteiger partial charge is 0.497 e. The van der Waals surface area contributed by atoms with Gasteiger partial charge in [0.15, 0.2) is 0 Å². The molecule has 0 unspecified atom stereocenters. The van der Waals surface area contributed by atoms with E-state index in [0.717, 1.165) is 33.0 Å². The van der Waals surface area contributed by atoms with Crippen LogP contribution in [0.15, 0.2) is 29.6 Å². The van der Waals surface area contributed by atoms with Crippen molar-refractivity contribution in [3.05, 3.63) is 35.2 Å². The Bertz CT molecular complexity index is 786. The van der Waals surface area contributed by atoms with Gasteiger partial charge in [-0.25, -0.2) is 10.8 Å². The normalized spacial score (nSPS) is 10.6. The molecule has 2 heterocycles. The summed E-state index contributed by atoms with van der Waals surface area (Å²) in [5, 5.41) is 6.28. The monoisotopic (exact) mass is 301 g/mol. The minimum absolute atomic E-state index is 0.388. The molecule has 0 radical (unpaired) electrons. The van der Waals surface area contributed by atoms with Crippen LogP contribution in [0.5, 0.6) is 5.75 Å². The first-order chi connectivity index (χ1) is 10.2. The van der Waals surface area contributed by atoms with Gasteiger partial charge in [-0.2, -0.15) is 4.98 Å². The van der Waals surface area contributed by atoms with Gasteiger partial charge in [0.2, 0.25) is 5.95 Å². The van der Waals surface area contributed by atoms with E-state index >= 15 is 0 Å². The molecule has 0 aliphatic rings. The number of aryl methyl sites for hydroxylation is 1. The van der Waals surface area contributed by atoms with Crippen LogP contribution in [0.1, 0.15) is 5.56 Å². The van der Waals surface area contributed by atoms with Crippen LogP contribution in [0.3, 0.4) is 0 Å². The Kier molecular flexibility index (Phi) is 3.59. The number of hydrogen-bond acceptors (Lipinski definition) is 7. The van der Waals surface area contributed by atoms with Crippen LogP contribution < -0.4 is 21.3 Å². The summed E-state index contributed by atoms with van der Waals surface area (Å²) in [6.45, 7) is 2.01. The maximum atomic E-state index is 5.42. The van der Waals surface area contributed by atoms with E-state index in [1.807, 2.05) is 36.6 Å². The highest BCUT2D eigenvalue weighted by Gasteiger charge is 2.10. The molecule has 2 aromatic heterocycles. The zero-order valence-corrected chi connectivity index (χ0v) is 12.5. The second-order valence-corrected chi connectivity index (χ2v) is 5.38. The van der Waals surface area contributed by atoms with Gasteiger partial charge < -0.3 is 10.1 Å². The Hall–Kier alpha value is -2.38. The summed E-state index contributed by atoms with van der Waals surface area (Å²) in [7, 11) is 1.65. The third-order valence-corrected chi connectivity index (χ3v) is 3.95. The van der Waals surface area contributed by atoms with Crippen molar-refractivity contribution < 1.29 is 4.74 Å². The van der Waals surface area contributed by atoms with Crippen molar-refractivity contribution in [2.75, 3.05) is 17.9 Å². The molecular weight excluding hydrogens is 286 g/mol. The highest BCUT2D eigenvalue weighted by molar-refractivity contribution is 7.16. The van der Waals surface area contributed by atoms with Gasteiger partial charge in [0.1, 0.15) is 16.4 Å². The number of nitrogens with one attached hydrogen (secondary N) is 2. The number of methoxy groups -OCH3 is 1. The summed E-state index contributed by atoms with van der Waals surface area (Å²) in [6.07, 6.45) is 0. The summed E-state index contributed by atoms with van der Waals surface area (Å²) in [5.74, 6) is 7.36. The molecule has 0 aliphatic carbocycles. The zero-order valence-electron chi connectivity index (χ0n) is 11.7. The van der Waals surface area contributed by atoms with Crippen molar-refractivity contribution in [1.29, 1.82) is 0 Å². The smallest absolute Gasteiger partial charge is 0.240 e. The molecule has 1 aromatic carbocycles. The Balaban J connectivity index is 2.03. The van der Waals surface area contributed by atoms with Gasteiger partial charge in [0.05, 0.1) is 12.5 Å². The first kappa shape index (κ1) is 13.6. The summed E-state index contributed by atoms with van der Waals surface area (Å²) in [6, 6.07) is 7.82. The van der Waals surface area contributed by atoms with E-state index in [9.17, 15) is 0 Å². The van der Waals surface area contributed by atoms with Gasteiger partial charge in [0, 0.05) is 5.69 Å². The number of nitrogen functional groups attached to an aromatic ring is 1. The Morgan fingerprint density at radius 3 is 2.81 bits per heavy atom. The number of thiophene rings is 1. The van der Waals surface area contributed by atoms with Gasteiger partial charge in [-0.3, -0.25) is 5.43 Å². The Morgan fingerprint density at radius 1 is 1.24 bits per heavy atom. The molecule has 6 nitrogen and oxygen atoms in total. The lowest BCUT2D eigenvalue weighted by molar-refractivity contribution is 0.414. The van der Waals surface area contributed by atoms with E-state index < -0.39 is 0 Å². The average molecular weight is 301 g/mol. The topological polar surface area (TPSA) is 85.1 Å². The van der Waals surface area contributed by atoms with Gasteiger partial charge in [0.25, 0.3) is 0 Å². The van der Waals surface area contributed by atoms with Gasteiger partial charge in [-0.1, -0.05) is 0 Å². The third-order valence-electron chi connectivity index (χ3n) is 3.14. The molecule has 3 rings (SSSR count). The van der Waals surface area contributed by atoms with Crippen LogP contribution in [-0.4, -0.2) is 17.1 Å². The third kappa shape index (κ3) is 2.61. The highest BCUT2D eigenvalue weighted by Crippen LogP contribution is 2.30. The van der Waals surface area contributed by atoms with Crippen molar-refractivity contribution in [2.24, 2.45) is 5.84 Å². The van der Waals surface area contributed by atoms with E-state index in [4.69, 9.17) is 10.6 Å². The van der Waals surface area contributed by atoms with Crippen LogP contribution >= 0.6 is 11.3 Å². The lowest BCUT2D eigenvalue weighted by atomic mass is 10.2. The number of anilines is 3. The van der Waals surface area contributed by atoms with E-state index in [0.29, 0.717) is 5.95 Å². The molecule has 0 saturated heterocycles. The van der Waals surface area contributed by atoms with Gasteiger partial charge in [-0.05, 0) is 42.1 Å². The molecule has 21 heavy (non-hydrogen) atoms. The Labute approximate surface area is 126 Å². The molecule has 0 fully saturated rings. The summed E-state index contributed by atoms with van der Waals surface area (Å²) in [4.78, 5) is 9.59.